The second kappa shape index (κ2) is 9.08. The Balaban J connectivity index is 1.44. The molecule has 9 nitrogen and oxygen atoms in total. The van der Waals surface area contributed by atoms with E-state index >= 15 is 0 Å². The number of para-hydroxylation sites is 2. The number of anilines is 2. The van der Waals surface area contributed by atoms with Crippen molar-refractivity contribution in [2.24, 2.45) is 0 Å². The normalized spacial score (nSPS) is 14.6. The molecule has 2 aromatic carbocycles. The SMILES string of the molecule is Cc1cccc(NC(=O)NC(=O)COC(=O)C[C@@H]2Oc3ccccc3NC2=O)c1C. The van der Waals surface area contributed by atoms with Crippen LogP contribution in [-0.4, -0.2) is 36.5 Å². The van der Waals surface area contributed by atoms with Crippen molar-refractivity contribution in [3.05, 3.63) is 53.6 Å². The summed E-state index contributed by atoms with van der Waals surface area (Å²) in [4.78, 5) is 47.8. The second-order valence-electron chi connectivity index (χ2n) is 6.71. The number of hydrogen-bond donors (Lipinski definition) is 3. The Hall–Kier alpha value is -3.88. The van der Waals surface area contributed by atoms with Gasteiger partial charge in [-0.2, -0.15) is 0 Å². The molecule has 1 aliphatic heterocycles. The topological polar surface area (TPSA) is 123 Å². The third-order valence-electron chi connectivity index (χ3n) is 4.53. The van der Waals surface area contributed by atoms with Gasteiger partial charge in [-0.15, -0.1) is 0 Å². The summed E-state index contributed by atoms with van der Waals surface area (Å²) in [5.41, 5.74) is 2.95. The van der Waals surface area contributed by atoms with Crippen LogP contribution in [0.15, 0.2) is 42.5 Å². The third kappa shape index (κ3) is 5.13. The van der Waals surface area contributed by atoms with Gasteiger partial charge in [0.05, 0.1) is 12.1 Å². The summed E-state index contributed by atoms with van der Waals surface area (Å²) in [5.74, 6) is -1.65. The van der Waals surface area contributed by atoms with Gasteiger partial charge in [0.1, 0.15) is 5.75 Å². The van der Waals surface area contributed by atoms with E-state index in [2.05, 4.69) is 16.0 Å². The van der Waals surface area contributed by atoms with Crippen LogP contribution in [0.2, 0.25) is 0 Å². The average Bonchev–Trinajstić information content (AvgIpc) is 2.70. The molecule has 156 valence electrons. The highest BCUT2D eigenvalue weighted by molar-refractivity contribution is 6.02. The summed E-state index contributed by atoms with van der Waals surface area (Å²) in [5, 5.41) is 7.28. The molecule has 3 N–H and O–H groups in total. The molecule has 0 aliphatic carbocycles. The van der Waals surface area contributed by atoms with Crippen molar-refractivity contribution >= 4 is 35.2 Å². The number of fused-ring (bicyclic) bond motifs is 1. The largest absolute Gasteiger partial charge is 0.478 e. The number of hydrogen-bond acceptors (Lipinski definition) is 6. The molecule has 1 atom stereocenters. The van der Waals surface area contributed by atoms with Gasteiger partial charge in [0.25, 0.3) is 11.8 Å². The number of ether oxygens (including phenoxy) is 2. The first kappa shape index (κ1) is 20.8. The number of carbonyl (C=O) groups is 4. The molecule has 0 radical (unpaired) electrons. The Morgan fingerprint density at radius 1 is 1.10 bits per heavy atom. The molecule has 30 heavy (non-hydrogen) atoms. The quantitative estimate of drug-likeness (QED) is 0.649. The van der Waals surface area contributed by atoms with Crippen LogP contribution in [0, 0.1) is 13.8 Å². The fourth-order valence-corrected chi connectivity index (χ4v) is 2.79. The molecule has 2 aromatic rings. The van der Waals surface area contributed by atoms with Crippen LogP contribution >= 0.6 is 0 Å². The highest BCUT2D eigenvalue weighted by Gasteiger charge is 2.30. The van der Waals surface area contributed by atoms with Crippen LogP contribution in [0.3, 0.4) is 0 Å². The number of esters is 1. The first-order valence-electron chi connectivity index (χ1n) is 9.22. The number of aryl methyl sites for hydroxylation is 1. The standard InChI is InChI=1S/C21H21N3O6/c1-12-6-5-8-14(13(12)2)23-21(28)24-18(25)11-29-19(26)10-17-20(27)22-15-7-3-4-9-16(15)30-17/h3-9,17H,10-11H2,1-2H3,(H,22,27)(H2,23,24,25,28)/t17-/m0/s1. The maximum Gasteiger partial charge on any atom is 0.325 e. The molecule has 4 amide bonds. The van der Waals surface area contributed by atoms with E-state index in [4.69, 9.17) is 9.47 Å². The monoisotopic (exact) mass is 411 g/mol. The molecule has 0 bridgehead atoms. The molecule has 9 heteroatoms. The van der Waals surface area contributed by atoms with Gasteiger partial charge in [0.2, 0.25) is 0 Å². The first-order chi connectivity index (χ1) is 14.3. The van der Waals surface area contributed by atoms with E-state index in [1.54, 1.807) is 36.4 Å². The summed E-state index contributed by atoms with van der Waals surface area (Å²) < 4.78 is 10.3. The van der Waals surface area contributed by atoms with E-state index in [1.807, 2.05) is 19.9 Å². The average molecular weight is 411 g/mol. The Kier molecular flexibility index (Phi) is 6.31. The zero-order chi connectivity index (χ0) is 21.7. The Bertz CT molecular complexity index is 1000. The summed E-state index contributed by atoms with van der Waals surface area (Å²) in [6, 6.07) is 11.5. The van der Waals surface area contributed by atoms with Crippen LogP contribution in [0.5, 0.6) is 5.75 Å². The van der Waals surface area contributed by atoms with Crippen molar-refractivity contribution in [3.8, 4) is 5.75 Å². The van der Waals surface area contributed by atoms with Crippen LogP contribution in [0.4, 0.5) is 16.2 Å². The molecule has 0 fully saturated rings. The minimum atomic E-state index is -1.07. The van der Waals surface area contributed by atoms with Crippen molar-refractivity contribution in [1.82, 2.24) is 5.32 Å². The number of rotatable bonds is 5. The van der Waals surface area contributed by atoms with Gasteiger partial charge in [0.15, 0.2) is 12.7 Å². The van der Waals surface area contributed by atoms with Crippen molar-refractivity contribution < 1.29 is 28.7 Å². The van der Waals surface area contributed by atoms with E-state index in [0.717, 1.165) is 11.1 Å². The van der Waals surface area contributed by atoms with E-state index in [-0.39, 0.29) is 6.42 Å². The van der Waals surface area contributed by atoms with Crippen LogP contribution in [0.1, 0.15) is 17.5 Å². The molecule has 1 heterocycles. The lowest BCUT2D eigenvalue weighted by molar-refractivity contribution is -0.151. The van der Waals surface area contributed by atoms with E-state index in [1.165, 1.54) is 0 Å². The summed E-state index contributed by atoms with van der Waals surface area (Å²) >= 11 is 0. The first-order valence-corrected chi connectivity index (χ1v) is 9.22. The fourth-order valence-electron chi connectivity index (χ4n) is 2.79. The molecule has 1 aliphatic rings. The number of nitrogens with one attached hydrogen (secondary N) is 3. The Morgan fingerprint density at radius 3 is 2.67 bits per heavy atom. The lowest BCUT2D eigenvalue weighted by atomic mass is 10.1. The van der Waals surface area contributed by atoms with Gasteiger partial charge in [-0.1, -0.05) is 24.3 Å². The highest BCUT2D eigenvalue weighted by atomic mass is 16.5. The molecular formula is C21H21N3O6. The zero-order valence-electron chi connectivity index (χ0n) is 16.5. The van der Waals surface area contributed by atoms with Crippen molar-refractivity contribution in [2.45, 2.75) is 26.4 Å². The molecule has 3 rings (SSSR count). The highest BCUT2D eigenvalue weighted by Crippen LogP contribution is 2.29. The number of urea groups is 1. The Morgan fingerprint density at radius 2 is 1.87 bits per heavy atom. The van der Waals surface area contributed by atoms with E-state index in [0.29, 0.717) is 17.1 Å². The van der Waals surface area contributed by atoms with Gasteiger partial charge < -0.3 is 20.1 Å². The number of imide groups is 1. The maximum absolute atomic E-state index is 12.0. The molecule has 0 unspecified atom stereocenters. The van der Waals surface area contributed by atoms with Gasteiger partial charge in [0, 0.05) is 5.69 Å². The molecule has 0 saturated heterocycles. The van der Waals surface area contributed by atoms with Crippen LogP contribution in [-0.2, 0) is 19.1 Å². The van der Waals surface area contributed by atoms with Crippen LogP contribution < -0.4 is 20.7 Å². The van der Waals surface area contributed by atoms with Gasteiger partial charge in [-0.25, -0.2) is 4.79 Å². The molecule has 0 spiro atoms. The predicted octanol–water partition coefficient (Wildman–Crippen LogP) is 2.28. The molecule has 0 aromatic heterocycles. The maximum atomic E-state index is 12.0. The smallest absolute Gasteiger partial charge is 0.325 e. The van der Waals surface area contributed by atoms with Gasteiger partial charge in [-0.3, -0.25) is 19.7 Å². The minimum absolute atomic E-state index is 0.373. The summed E-state index contributed by atoms with van der Waals surface area (Å²) in [7, 11) is 0. The number of carbonyl (C=O) groups excluding carboxylic acids is 4. The van der Waals surface area contributed by atoms with E-state index in [9.17, 15) is 19.2 Å². The molecule has 0 saturated carbocycles. The fraction of sp³-hybridized carbons (Fsp3) is 0.238. The van der Waals surface area contributed by atoms with Crippen molar-refractivity contribution in [1.29, 1.82) is 0 Å². The van der Waals surface area contributed by atoms with Crippen molar-refractivity contribution in [3.63, 3.8) is 0 Å². The molecular weight excluding hydrogens is 390 g/mol. The minimum Gasteiger partial charge on any atom is -0.478 e. The zero-order valence-corrected chi connectivity index (χ0v) is 16.5. The summed E-state index contributed by atoms with van der Waals surface area (Å²) in [6.07, 6.45) is -1.44. The lowest BCUT2D eigenvalue weighted by Gasteiger charge is -2.25. The van der Waals surface area contributed by atoms with Gasteiger partial charge >= 0.3 is 12.0 Å². The van der Waals surface area contributed by atoms with Gasteiger partial charge in [-0.05, 0) is 43.2 Å². The van der Waals surface area contributed by atoms with E-state index < -0.39 is 36.5 Å². The Labute approximate surface area is 172 Å². The predicted molar refractivity (Wildman–Crippen MR) is 108 cm³/mol. The summed E-state index contributed by atoms with van der Waals surface area (Å²) in [6.45, 7) is 3.08. The number of amides is 4. The number of benzene rings is 2. The lowest BCUT2D eigenvalue weighted by Crippen LogP contribution is -2.40. The van der Waals surface area contributed by atoms with Crippen molar-refractivity contribution in [2.75, 3.05) is 17.2 Å². The third-order valence-corrected chi connectivity index (χ3v) is 4.53. The van der Waals surface area contributed by atoms with Crippen LogP contribution in [0.25, 0.3) is 0 Å². The second-order valence-corrected chi connectivity index (χ2v) is 6.71.